The Balaban J connectivity index is 2.84. The molecule has 0 amide bonds. The third kappa shape index (κ3) is 0.828. The van der Waals surface area contributed by atoms with Gasteiger partial charge < -0.3 is 0 Å². The van der Waals surface area contributed by atoms with E-state index < -0.39 is 6.67 Å². The molecule has 0 saturated carbocycles. The van der Waals surface area contributed by atoms with E-state index >= 15 is 0 Å². The Hall–Kier alpha value is -0.930. The maximum atomic E-state index is 11.6. The van der Waals surface area contributed by atoms with E-state index in [4.69, 9.17) is 0 Å². The lowest BCUT2D eigenvalue weighted by molar-refractivity contribution is 0.475. The maximum absolute atomic E-state index is 11.6. The molecule has 44 valence electrons. The van der Waals surface area contributed by atoms with Gasteiger partial charge in [-0.1, -0.05) is 5.21 Å². The average Bonchev–Trinajstić information content (AvgIpc) is 2.14. The highest BCUT2D eigenvalue weighted by molar-refractivity contribution is 4.87. The van der Waals surface area contributed by atoms with Gasteiger partial charge in [-0.25, -0.2) is 4.39 Å². The lowest BCUT2D eigenvalue weighted by atomic mass is 10.5. The molecule has 1 aromatic heterocycles. The monoisotopic (exact) mass is 115 g/mol. The van der Waals surface area contributed by atoms with Gasteiger partial charge in [0.1, 0.15) is 12.4 Å². The number of nitrogens with zero attached hydrogens (tertiary/aromatic N) is 3. The number of aryl methyl sites for hydroxylation is 1. The van der Waals surface area contributed by atoms with Crippen molar-refractivity contribution >= 4 is 0 Å². The molecule has 0 radical (unpaired) electrons. The van der Waals surface area contributed by atoms with Gasteiger partial charge in [-0.3, -0.25) is 4.68 Å². The van der Waals surface area contributed by atoms with Crippen molar-refractivity contribution < 1.29 is 4.39 Å². The molecule has 0 bridgehead atoms. The van der Waals surface area contributed by atoms with Crippen molar-refractivity contribution in [3.8, 4) is 0 Å². The van der Waals surface area contributed by atoms with Gasteiger partial charge in [0.05, 0.1) is 6.20 Å². The van der Waals surface area contributed by atoms with Crippen LogP contribution >= 0.6 is 0 Å². The first-order chi connectivity index (χ1) is 3.83. The normalized spacial score (nSPS) is 9.75. The van der Waals surface area contributed by atoms with Crippen molar-refractivity contribution in [2.75, 3.05) is 0 Å². The lowest BCUT2D eigenvalue weighted by Gasteiger charge is -1.76. The molecule has 0 aromatic carbocycles. The standard InChI is InChI=1S/C4H6FN3/c1-8-3-4(2-5)6-7-8/h3H,2H2,1H3. The number of halogens is 1. The van der Waals surface area contributed by atoms with Gasteiger partial charge >= 0.3 is 0 Å². The summed E-state index contributed by atoms with van der Waals surface area (Å²) >= 11 is 0. The van der Waals surface area contributed by atoms with Crippen molar-refractivity contribution in [3.63, 3.8) is 0 Å². The Bertz CT molecular complexity index is 172. The number of alkyl halides is 1. The number of hydrogen-bond donors (Lipinski definition) is 0. The number of hydrogen-bond acceptors (Lipinski definition) is 2. The molecule has 0 saturated heterocycles. The summed E-state index contributed by atoms with van der Waals surface area (Å²) in [4.78, 5) is 0. The summed E-state index contributed by atoms with van der Waals surface area (Å²) in [5.41, 5.74) is 0.382. The zero-order valence-electron chi connectivity index (χ0n) is 4.50. The van der Waals surface area contributed by atoms with E-state index in [1.807, 2.05) is 0 Å². The zero-order valence-corrected chi connectivity index (χ0v) is 4.50. The van der Waals surface area contributed by atoms with E-state index in [0.717, 1.165) is 0 Å². The van der Waals surface area contributed by atoms with Crippen LogP contribution in [0, 0.1) is 0 Å². The smallest absolute Gasteiger partial charge is 0.135 e. The predicted molar refractivity (Wildman–Crippen MR) is 25.8 cm³/mol. The van der Waals surface area contributed by atoms with Crippen LogP contribution in [-0.4, -0.2) is 15.0 Å². The van der Waals surface area contributed by atoms with Crippen LogP contribution < -0.4 is 0 Å². The van der Waals surface area contributed by atoms with Crippen molar-refractivity contribution in [3.05, 3.63) is 11.9 Å². The van der Waals surface area contributed by atoms with Gasteiger partial charge in [0.25, 0.3) is 0 Å². The van der Waals surface area contributed by atoms with Crippen molar-refractivity contribution in [2.45, 2.75) is 6.67 Å². The molecule has 0 atom stereocenters. The minimum absolute atomic E-state index is 0.382. The van der Waals surface area contributed by atoms with Crippen LogP contribution in [0.15, 0.2) is 6.20 Å². The second kappa shape index (κ2) is 1.90. The Morgan fingerprint density at radius 1 is 1.88 bits per heavy atom. The van der Waals surface area contributed by atoms with Gasteiger partial charge in [-0.05, 0) is 0 Å². The minimum atomic E-state index is -0.534. The van der Waals surface area contributed by atoms with E-state index in [0.29, 0.717) is 5.69 Å². The van der Waals surface area contributed by atoms with Crippen LogP contribution in [0.25, 0.3) is 0 Å². The fraction of sp³-hybridized carbons (Fsp3) is 0.500. The molecule has 0 N–H and O–H groups in total. The molecule has 1 rings (SSSR count). The Kier molecular flexibility index (Phi) is 1.24. The Morgan fingerprint density at radius 3 is 2.88 bits per heavy atom. The topological polar surface area (TPSA) is 30.7 Å². The molecule has 4 heteroatoms. The molecule has 0 spiro atoms. The van der Waals surface area contributed by atoms with Crippen LogP contribution in [0.1, 0.15) is 5.69 Å². The van der Waals surface area contributed by atoms with Gasteiger partial charge in [0, 0.05) is 7.05 Å². The third-order valence-corrected chi connectivity index (χ3v) is 0.787. The fourth-order valence-corrected chi connectivity index (χ4v) is 0.457. The van der Waals surface area contributed by atoms with Crippen LogP contribution in [-0.2, 0) is 13.7 Å². The summed E-state index contributed by atoms with van der Waals surface area (Å²) in [6.07, 6.45) is 1.54. The van der Waals surface area contributed by atoms with E-state index in [1.165, 1.54) is 4.68 Å². The summed E-state index contributed by atoms with van der Waals surface area (Å²) in [5.74, 6) is 0. The molecule has 0 fully saturated rings. The highest BCUT2D eigenvalue weighted by Crippen LogP contribution is 1.91. The second-order valence-corrected chi connectivity index (χ2v) is 1.52. The maximum Gasteiger partial charge on any atom is 0.135 e. The highest BCUT2D eigenvalue weighted by Gasteiger charge is 1.92. The average molecular weight is 115 g/mol. The van der Waals surface area contributed by atoms with Gasteiger partial charge in [0.15, 0.2) is 0 Å². The fourth-order valence-electron chi connectivity index (χ4n) is 0.457. The third-order valence-electron chi connectivity index (χ3n) is 0.787. The number of rotatable bonds is 1. The van der Waals surface area contributed by atoms with E-state index in [-0.39, 0.29) is 0 Å². The van der Waals surface area contributed by atoms with E-state index in [9.17, 15) is 4.39 Å². The molecule has 1 aromatic rings. The quantitative estimate of drug-likeness (QED) is 0.526. The number of aromatic nitrogens is 3. The van der Waals surface area contributed by atoms with E-state index in [1.54, 1.807) is 13.2 Å². The van der Waals surface area contributed by atoms with Crippen molar-refractivity contribution in [1.82, 2.24) is 15.0 Å². The molecule has 0 aliphatic rings. The minimum Gasteiger partial charge on any atom is -0.255 e. The molecule has 1 heterocycles. The van der Waals surface area contributed by atoms with Crippen molar-refractivity contribution in [1.29, 1.82) is 0 Å². The largest absolute Gasteiger partial charge is 0.255 e. The highest BCUT2D eigenvalue weighted by atomic mass is 19.1. The van der Waals surface area contributed by atoms with Gasteiger partial charge in [0.2, 0.25) is 0 Å². The second-order valence-electron chi connectivity index (χ2n) is 1.52. The summed E-state index contributed by atoms with van der Waals surface area (Å²) in [5, 5.41) is 6.99. The molecule has 3 nitrogen and oxygen atoms in total. The van der Waals surface area contributed by atoms with Gasteiger partial charge in [-0.15, -0.1) is 5.10 Å². The lowest BCUT2D eigenvalue weighted by Crippen LogP contribution is -1.85. The first kappa shape index (κ1) is 5.21. The van der Waals surface area contributed by atoms with Crippen molar-refractivity contribution in [2.24, 2.45) is 7.05 Å². The Morgan fingerprint density at radius 2 is 2.62 bits per heavy atom. The SMILES string of the molecule is Cn1cc(CF)nn1. The first-order valence-corrected chi connectivity index (χ1v) is 2.24. The van der Waals surface area contributed by atoms with E-state index in [2.05, 4.69) is 10.3 Å². The van der Waals surface area contributed by atoms with Gasteiger partial charge in [-0.2, -0.15) is 0 Å². The molecular formula is C4H6FN3. The van der Waals surface area contributed by atoms with Crippen LogP contribution in [0.4, 0.5) is 4.39 Å². The first-order valence-electron chi connectivity index (χ1n) is 2.24. The zero-order chi connectivity index (χ0) is 5.98. The van der Waals surface area contributed by atoms with Crippen LogP contribution in [0.3, 0.4) is 0 Å². The summed E-state index contributed by atoms with van der Waals surface area (Å²) < 4.78 is 13.1. The summed E-state index contributed by atoms with van der Waals surface area (Å²) in [7, 11) is 1.70. The summed E-state index contributed by atoms with van der Waals surface area (Å²) in [6, 6.07) is 0. The predicted octanol–water partition coefficient (Wildman–Crippen LogP) is 0.285. The molecule has 0 aliphatic carbocycles. The Labute approximate surface area is 46.1 Å². The van der Waals surface area contributed by atoms with Crippen LogP contribution in [0.2, 0.25) is 0 Å². The molecule has 0 aliphatic heterocycles. The molecule has 8 heavy (non-hydrogen) atoms. The molecular weight excluding hydrogens is 109 g/mol. The van der Waals surface area contributed by atoms with Crippen LogP contribution in [0.5, 0.6) is 0 Å². The molecule has 0 unspecified atom stereocenters. The summed E-state index contributed by atoms with van der Waals surface area (Å²) in [6.45, 7) is -0.534.